The number of hydrogen-bond acceptors (Lipinski definition) is 7. The zero-order valence-electron chi connectivity index (χ0n) is 19.5. The van der Waals surface area contributed by atoms with E-state index in [0.717, 1.165) is 5.56 Å². The van der Waals surface area contributed by atoms with Crippen LogP contribution in [-0.2, 0) is 26.3 Å². The van der Waals surface area contributed by atoms with Crippen LogP contribution in [0.15, 0.2) is 36.4 Å². The average molecular weight is 500 g/mol. The summed E-state index contributed by atoms with van der Waals surface area (Å²) in [5, 5.41) is 16.9. The molecule has 2 saturated heterocycles. The van der Waals surface area contributed by atoms with Crippen molar-refractivity contribution in [1.82, 2.24) is 10.2 Å². The van der Waals surface area contributed by atoms with Crippen molar-refractivity contribution >= 4 is 35.0 Å². The number of carbonyl (C=O) groups excluding carboxylic acids is 3. The SMILES string of the molecule is COc1ccc(CCN2C(=O)[C@H]3C(C(C)O)NC4(C(=O)Nc5ccc(Cl)cc54)[C@H]3C2=O)cc1OC. The molecule has 3 unspecified atom stereocenters. The van der Waals surface area contributed by atoms with Crippen molar-refractivity contribution < 1.29 is 29.0 Å². The molecule has 5 rings (SSSR count). The monoisotopic (exact) mass is 499 g/mol. The van der Waals surface area contributed by atoms with Crippen molar-refractivity contribution in [2.75, 3.05) is 26.1 Å². The van der Waals surface area contributed by atoms with Crippen LogP contribution in [0.1, 0.15) is 18.1 Å². The number of aliphatic hydroxyl groups excluding tert-OH is 1. The summed E-state index contributed by atoms with van der Waals surface area (Å²) in [4.78, 5) is 41.8. The number of ether oxygens (including phenoxy) is 2. The van der Waals surface area contributed by atoms with Gasteiger partial charge in [-0.25, -0.2) is 0 Å². The van der Waals surface area contributed by atoms with Crippen molar-refractivity contribution in [3.05, 3.63) is 52.5 Å². The molecule has 35 heavy (non-hydrogen) atoms. The molecule has 0 aromatic heterocycles. The Bertz CT molecular complexity index is 1230. The van der Waals surface area contributed by atoms with Gasteiger partial charge in [-0.15, -0.1) is 0 Å². The quantitative estimate of drug-likeness (QED) is 0.518. The maximum Gasteiger partial charge on any atom is 0.250 e. The number of halogens is 1. The molecule has 2 fully saturated rings. The maximum absolute atomic E-state index is 13.7. The molecule has 184 valence electrons. The van der Waals surface area contributed by atoms with E-state index < -0.39 is 47.2 Å². The van der Waals surface area contributed by atoms with Crippen molar-refractivity contribution in [1.29, 1.82) is 0 Å². The van der Waals surface area contributed by atoms with Crippen LogP contribution < -0.4 is 20.1 Å². The summed E-state index contributed by atoms with van der Waals surface area (Å²) in [5.41, 5.74) is 0.408. The Morgan fingerprint density at radius 2 is 1.83 bits per heavy atom. The van der Waals surface area contributed by atoms with Crippen LogP contribution in [0, 0.1) is 11.8 Å². The molecule has 3 N–H and O–H groups in total. The fourth-order valence-electron chi connectivity index (χ4n) is 5.68. The van der Waals surface area contributed by atoms with E-state index in [1.807, 2.05) is 6.07 Å². The number of fused-ring (bicyclic) bond motifs is 4. The molecule has 0 saturated carbocycles. The van der Waals surface area contributed by atoms with E-state index in [-0.39, 0.29) is 6.54 Å². The van der Waals surface area contributed by atoms with Gasteiger partial charge in [0.15, 0.2) is 11.5 Å². The van der Waals surface area contributed by atoms with Gasteiger partial charge in [0, 0.05) is 28.9 Å². The van der Waals surface area contributed by atoms with Crippen LogP contribution in [0.5, 0.6) is 11.5 Å². The van der Waals surface area contributed by atoms with E-state index in [2.05, 4.69) is 10.6 Å². The van der Waals surface area contributed by atoms with Gasteiger partial charge in [-0.3, -0.25) is 24.6 Å². The van der Waals surface area contributed by atoms with E-state index in [1.54, 1.807) is 44.4 Å². The number of imide groups is 1. The minimum atomic E-state index is -1.49. The molecule has 9 nitrogen and oxygen atoms in total. The van der Waals surface area contributed by atoms with Gasteiger partial charge in [-0.2, -0.15) is 0 Å². The Kier molecular flexibility index (Phi) is 5.74. The van der Waals surface area contributed by atoms with Gasteiger partial charge >= 0.3 is 0 Å². The molecule has 0 aliphatic carbocycles. The highest BCUT2D eigenvalue weighted by atomic mass is 35.5. The highest BCUT2D eigenvalue weighted by molar-refractivity contribution is 6.31. The molecular weight excluding hydrogens is 474 g/mol. The second-order valence-electron chi connectivity index (χ2n) is 9.13. The van der Waals surface area contributed by atoms with Gasteiger partial charge in [0.05, 0.1) is 32.2 Å². The number of carbonyl (C=O) groups is 3. The first kappa shape index (κ1) is 23.6. The molecule has 1 spiro atoms. The molecule has 0 radical (unpaired) electrons. The lowest BCUT2D eigenvalue weighted by atomic mass is 9.76. The summed E-state index contributed by atoms with van der Waals surface area (Å²) in [6.07, 6.45) is -0.577. The lowest BCUT2D eigenvalue weighted by Gasteiger charge is -2.30. The summed E-state index contributed by atoms with van der Waals surface area (Å²) >= 11 is 6.23. The van der Waals surface area contributed by atoms with E-state index >= 15 is 0 Å². The third kappa shape index (κ3) is 3.41. The number of rotatable bonds is 6. The zero-order chi connectivity index (χ0) is 25.1. The molecule has 10 heteroatoms. The third-order valence-electron chi connectivity index (χ3n) is 7.29. The van der Waals surface area contributed by atoms with Crippen LogP contribution in [0.2, 0.25) is 5.02 Å². The molecule has 5 atom stereocenters. The predicted octanol–water partition coefficient (Wildman–Crippen LogP) is 1.70. The Labute approximate surface area is 207 Å². The molecular formula is C25H26ClN3O6. The van der Waals surface area contributed by atoms with E-state index in [0.29, 0.717) is 34.2 Å². The minimum absolute atomic E-state index is 0.132. The van der Waals surface area contributed by atoms with E-state index in [4.69, 9.17) is 21.1 Å². The lowest BCUT2D eigenvalue weighted by molar-refractivity contribution is -0.143. The number of methoxy groups -OCH3 is 2. The van der Waals surface area contributed by atoms with Crippen LogP contribution in [0.4, 0.5) is 5.69 Å². The maximum atomic E-state index is 13.7. The first-order chi connectivity index (χ1) is 16.7. The first-order valence-corrected chi connectivity index (χ1v) is 11.7. The first-order valence-electron chi connectivity index (χ1n) is 11.4. The Morgan fingerprint density at radius 1 is 1.09 bits per heavy atom. The van der Waals surface area contributed by atoms with E-state index in [1.165, 1.54) is 12.0 Å². The molecule has 3 aliphatic heterocycles. The Balaban J connectivity index is 1.49. The van der Waals surface area contributed by atoms with Crippen LogP contribution >= 0.6 is 11.6 Å². The fraction of sp³-hybridized carbons (Fsp3) is 0.400. The summed E-state index contributed by atoms with van der Waals surface area (Å²) in [6.45, 7) is 1.68. The average Bonchev–Trinajstić information content (AvgIpc) is 3.43. The second-order valence-corrected chi connectivity index (χ2v) is 9.57. The fourth-order valence-corrected chi connectivity index (χ4v) is 5.85. The third-order valence-corrected chi connectivity index (χ3v) is 7.53. The molecule has 3 amide bonds. The van der Waals surface area contributed by atoms with Gasteiger partial charge in [0.25, 0.3) is 0 Å². The van der Waals surface area contributed by atoms with Gasteiger partial charge in [-0.1, -0.05) is 17.7 Å². The number of amides is 3. The van der Waals surface area contributed by atoms with Crippen molar-refractivity contribution in [3.63, 3.8) is 0 Å². The Morgan fingerprint density at radius 3 is 2.51 bits per heavy atom. The lowest BCUT2D eigenvalue weighted by Crippen LogP contribution is -2.55. The summed E-state index contributed by atoms with van der Waals surface area (Å²) < 4.78 is 10.6. The summed E-state index contributed by atoms with van der Waals surface area (Å²) in [5.74, 6) is -2.04. The number of anilines is 1. The van der Waals surface area contributed by atoms with Crippen LogP contribution in [-0.4, -0.2) is 60.6 Å². The summed E-state index contributed by atoms with van der Waals surface area (Å²) in [6, 6.07) is 9.59. The standard InChI is InChI=1S/C25H26ClN3O6/c1-12(30)21-19-20(25(28-21)15-11-14(26)5-6-16(15)27-24(25)33)23(32)29(22(19)31)9-8-13-4-7-17(34-2)18(10-13)35-3/h4-7,10-12,19-21,28,30H,8-9H2,1-3H3,(H,27,33)/t12?,19-,20-,21?,25?/m1/s1. The molecule has 3 heterocycles. The Hall–Kier alpha value is -3.14. The number of aliphatic hydroxyl groups is 1. The van der Waals surface area contributed by atoms with Crippen molar-refractivity contribution in [2.24, 2.45) is 11.8 Å². The van der Waals surface area contributed by atoms with Crippen LogP contribution in [0.25, 0.3) is 0 Å². The number of nitrogens with zero attached hydrogens (tertiary/aromatic N) is 1. The minimum Gasteiger partial charge on any atom is -0.493 e. The summed E-state index contributed by atoms with van der Waals surface area (Å²) in [7, 11) is 3.08. The van der Waals surface area contributed by atoms with Crippen molar-refractivity contribution in [2.45, 2.75) is 31.0 Å². The highest BCUT2D eigenvalue weighted by Gasteiger charge is 2.71. The molecule has 2 aromatic carbocycles. The number of hydrogen-bond donors (Lipinski definition) is 3. The zero-order valence-corrected chi connectivity index (χ0v) is 20.3. The van der Waals surface area contributed by atoms with Gasteiger partial charge in [0.2, 0.25) is 17.7 Å². The normalized spacial score (nSPS) is 27.7. The molecule has 2 aromatic rings. The van der Waals surface area contributed by atoms with Crippen molar-refractivity contribution in [3.8, 4) is 11.5 Å². The van der Waals surface area contributed by atoms with E-state index in [9.17, 15) is 19.5 Å². The topological polar surface area (TPSA) is 117 Å². The predicted molar refractivity (Wildman–Crippen MR) is 127 cm³/mol. The van der Waals surface area contributed by atoms with Crippen LogP contribution in [0.3, 0.4) is 0 Å². The van der Waals surface area contributed by atoms with Gasteiger partial charge < -0.3 is 19.9 Å². The smallest absolute Gasteiger partial charge is 0.250 e. The second kappa shape index (κ2) is 8.51. The van der Waals surface area contributed by atoms with Gasteiger partial charge in [-0.05, 0) is 49.2 Å². The number of nitrogens with one attached hydrogen (secondary N) is 2. The highest BCUT2D eigenvalue weighted by Crippen LogP contribution is 2.53. The molecule has 3 aliphatic rings. The number of likely N-dealkylation sites (tertiary alicyclic amines) is 1. The largest absolute Gasteiger partial charge is 0.493 e. The number of benzene rings is 2. The van der Waals surface area contributed by atoms with Gasteiger partial charge in [0.1, 0.15) is 5.54 Å². The molecule has 0 bridgehead atoms.